The van der Waals surface area contributed by atoms with Crippen LogP contribution in [-0.2, 0) is 16.2 Å². The van der Waals surface area contributed by atoms with Crippen molar-refractivity contribution in [2.75, 3.05) is 0 Å². The van der Waals surface area contributed by atoms with Crippen molar-refractivity contribution in [1.82, 2.24) is 4.14 Å². The molecule has 0 aliphatic heterocycles. The van der Waals surface area contributed by atoms with E-state index in [1.54, 1.807) is 0 Å². The first kappa shape index (κ1) is 44.8. The van der Waals surface area contributed by atoms with Crippen LogP contribution in [0.15, 0.2) is 96.1 Å². The summed E-state index contributed by atoms with van der Waals surface area (Å²) in [6, 6.07) is 32.3. The Morgan fingerprint density at radius 3 is 1.23 bits per heavy atom. The van der Waals surface area contributed by atoms with Crippen molar-refractivity contribution < 1.29 is 16.2 Å². The average molecular weight is 913 g/mol. The van der Waals surface area contributed by atoms with Gasteiger partial charge in [0.25, 0.3) is 0 Å². The fourth-order valence-electron chi connectivity index (χ4n) is 10.6. The average Bonchev–Trinajstić information content (AvgIpc) is 3.78. The summed E-state index contributed by atoms with van der Waals surface area (Å²) in [4.78, 5) is 0.805. The van der Waals surface area contributed by atoms with Crippen LogP contribution in [-0.4, -0.2) is 25.6 Å². The monoisotopic (exact) mass is 910 g/mol. The minimum atomic E-state index is -5.38. The van der Waals surface area contributed by atoms with Gasteiger partial charge in [0.2, 0.25) is 0 Å². The number of halogens is 2. The normalized spacial score (nSPS) is 18.9. The van der Waals surface area contributed by atoms with Gasteiger partial charge in [0.1, 0.15) is 0 Å². The van der Waals surface area contributed by atoms with Gasteiger partial charge in [-0.2, -0.15) is 0 Å². The molecule has 0 bridgehead atoms. The van der Waals surface area contributed by atoms with E-state index in [9.17, 15) is 17.0 Å². The number of hydrogen-bond acceptors (Lipinski definition) is 1. The molecular formula is C50H69BCl2NSi2Zr. The van der Waals surface area contributed by atoms with Gasteiger partial charge in [-0.15, -0.1) is 0 Å². The first-order valence-electron chi connectivity index (χ1n) is 21.9. The molecule has 0 fully saturated rings. The molecule has 4 atom stereocenters. The summed E-state index contributed by atoms with van der Waals surface area (Å²) in [5, 5.41) is 0. The van der Waals surface area contributed by atoms with Crippen LogP contribution in [0.2, 0.25) is 39.3 Å². The molecule has 0 heterocycles. The van der Waals surface area contributed by atoms with Gasteiger partial charge >= 0.3 is 361 Å². The topological polar surface area (TPSA) is 3.24 Å². The standard InChI is InChI=1S/2C22H25.C6H19BNSi2.2ClH.Zr/c2*1-5-16(4)19-10-6-7-11-20(19)21-12-8-9-17-13-18(15(2)3)14-22(17)21;1-9(2,3)8(7)10(4,5)6;;;/h2*6-16H,5H2,1-4H3;7H,1-6H3;2*1H;/q;;+1;;;+1/p-2. The van der Waals surface area contributed by atoms with Crippen LogP contribution in [0, 0.1) is 11.8 Å². The van der Waals surface area contributed by atoms with Crippen molar-refractivity contribution in [1.29, 1.82) is 0 Å². The molecule has 0 aromatic heterocycles. The van der Waals surface area contributed by atoms with Gasteiger partial charge in [0.15, 0.2) is 0 Å². The molecule has 0 N–H and O–H groups in total. The molecule has 6 rings (SSSR count). The van der Waals surface area contributed by atoms with E-state index in [2.05, 4.69) is 196 Å². The number of benzene rings is 4. The van der Waals surface area contributed by atoms with Crippen molar-refractivity contribution in [3.63, 3.8) is 0 Å². The van der Waals surface area contributed by atoms with Gasteiger partial charge in [-0.25, -0.2) is 0 Å². The number of fused-ring (bicyclic) bond motifs is 2. The third-order valence-corrected chi connectivity index (χ3v) is 40.5. The van der Waals surface area contributed by atoms with Gasteiger partial charge in [-0.3, -0.25) is 0 Å². The van der Waals surface area contributed by atoms with Crippen LogP contribution >= 0.6 is 17.0 Å². The summed E-state index contributed by atoms with van der Waals surface area (Å²) < 4.78 is 2.90. The molecule has 4 aromatic rings. The van der Waals surface area contributed by atoms with E-state index in [1.807, 2.05) is 0 Å². The molecule has 303 valence electrons. The molecule has 7 heteroatoms. The van der Waals surface area contributed by atoms with E-state index in [0.29, 0.717) is 23.7 Å². The molecule has 0 spiro atoms. The van der Waals surface area contributed by atoms with Gasteiger partial charge in [-0.1, -0.05) is 0 Å². The minimum absolute atomic E-state index is 0.0233. The summed E-state index contributed by atoms with van der Waals surface area (Å²) in [7, 11) is 14.7. The van der Waals surface area contributed by atoms with Crippen LogP contribution in [0.3, 0.4) is 0 Å². The van der Waals surface area contributed by atoms with E-state index >= 15 is 0 Å². The van der Waals surface area contributed by atoms with E-state index < -0.39 is 32.6 Å². The maximum absolute atomic E-state index is 9.25. The summed E-state index contributed by atoms with van der Waals surface area (Å²) in [5.74, 6) is 1.50. The van der Waals surface area contributed by atoms with Crippen molar-refractivity contribution in [2.24, 2.45) is 11.8 Å². The Kier molecular flexibility index (Phi) is 13.1. The number of nitrogens with zero attached hydrogens (tertiary/aromatic N) is 1. The number of hydrogen-bond donors (Lipinski definition) is 0. The Morgan fingerprint density at radius 2 is 0.895 bits per heavy atom. The number of allylic oxidation sites excluding steroid dienone is 2. The molecule has 0 saturated heterocycles. The molecule has 2 aliphatic carbocycles. The first-order chi connectivity index (χ1) is 26.6. The van der Waals surface area contributed by atoms with Crippen molar-refractivity contribution in [3.8, 4) is 22.3 Å². The predicted octanol–water partition coefficient (Wildman–Crippen LogP) is 16.2. The van der Waals surface area contributed by atoms with Crippen LogP contribution in [0.5, 0.6) is 0 Å². The Hall–Kier alpha value is -1.72. The molecule has 0 amide bonds. The molecule has 2 aliphatic rings. The second kappa shape index (κ2) is 16.6. The van der Waals surface area contributed by atoms with Gasteiger partial charge in [0, 0.05) is 0 Å². The Labute approximate surface area is 358 Å². The van der Waals surface area contributed by atoms with Crippen molar-refractivity contribution >= 4 is 50.6 Å². The molecule has 0 radical (unpaired) electrons. The van der Waals surface area contributed by atoms with Crippen LogP contribution in [0.1, 0.15) is 121 Å². The van der Waals surface area contributed by atoms with Crippen LogP contribution in [0.4, 0.5) is 0 Å². The molecule has 4 aromatic carbocycles. The van der Waals surface area contributed by atoms with Crippen LogP contribution < -0.4 is 0 Å². The third-order valence-electron chi connectivity index (χ3n) is 13.6. The van der Waals surface area contributed by atoms with Crippen molar-refractivity contribution in [2.45, 2.75) is 127 Å². The Bertz CT molecular complexity index is 2040. The zero-order chi connectivity index (χ0) is 41.9. The summed E-state index contributed by atoms with van der Waals surface area (Å²) in [6.07, 6.45) is 7.30. The van der Waals surface area contributed by atoms with E-state index in [0.717, 1.165) is 17.8 Å². The maximum atomic E-state index is 9.25. The molecule has 57 heavy (non-hydrogen) atoms. The van der Waals surface area contributed by atoms with Gasteiger partial charge < -0.3 is 0 Å². The summed E-state index contributed by atoms with van der Waals surface area (Å²) >= 11 is -5.38. The third kappa shape index (κ3) is 8.23. The van der Waals surface area contributed by atoms with E-state index in [4.69, 9.17) is 0 Å². The van der Waals surface area contributed by atoms with Gasteiger partial charge in [0.05, 0.1) is 0 Å². The first-order valence-corrected chi connectivity index (χ1v) is 39.7. The van der Waals surface area contributed by atoms with E-state index in [-0.39, 0.29) is 7.25 Å². The second-order valence-corrected chi connectivity index (χ2v) is 52.3. The number of rotatable bonds is 14. The summed E-state index contributed by atoms with van der Waals surface area (Å²) in [5.41, 5.74) is 16.4. The quantitative estimate of drug-likeness (QED) is 0.114. The SMILES string of the molecule is CCC(C)c1ccccc1-c1cccc2c1C=C(C(C)C)[CH]2[Zr]([Cl])([Cl])([BH]N([Si](C)(C)C)[Si](C)(C)C)[CH]1C(C(C)C)=Cc2c(-c3ccccc3C(C)CC)cccc21. The Morgan fingerprint density at radius 1 is 0.544 bits per heavy atom. The molecular weight excluding hydrogens is 844 g/mol. The van der Waals surface area contributed by atoms with Gasteiger partial charge in [-0.05, 0) is 0 Å². The van der Waals surface area contributed by atoms with Crippen LogP contribution in [0.25, 0.3) is 34.4 Å². The van der Waals surface area contributed by atoms with Crippen molar-refractivity contribution in [3.05, 3.63) is 129 Å². The molecule has 1 nitrogen and oxygen atoms in total. The fraction of sp³-hybridized carbons (Fsp3) is 0.440. The zero-order valence-electron chi connectivity index (χ0n) is 37.5. The second-order valence-electron chi connectivity index (χ2n) is 20.2. The fourth-order valence-corrected chi connectivity index (χ4v) is 53.1. The summed E-state index contributed by atoms with van der Waals surface area (Å²) in [6.45, 7) is 34.0. The molecule has 0 saturated carbocycles. The Balaban J connectivity index is 1.71. The zero-order valence-corrected chi connectivity index (χ0v) is 43.5. The molecule has 4 unspecified atom stereocenters. The predicted molar refractivity (Wildman–Crippen MR) is 260 cm³/mol. The van der Waals surface area contributed by atoms with E-state index in [1.165, 1.54) is 66.8 Å².